The molecule has 0 spiro atoms. The highest BCUT2D eigenvalue weighted by Gasteiger charge is 2.26. The summed E-state index contributed by atoms with van der Waals surface area (Å²) < 4.78 is 30.5. The first kappa shape index (κ1) is 17.0. The first-order valence-electron chi connectivity index (χ1n) is 7.85. The quantitative estimate of drug-likeness (QED) is 0.496. The van der Waals surface area contributed by atoms with Crippen molar-refractivity contribution in [2.75, 3.05) is 0 Å². The van der Waals surface area contributed by atoms with Gasteiger partial charge in [0.25, 0.3) is 10.0 Å². The number of rotatable bonds is 3. The van der Waals surface area contributed by atoms with E-state index in [1.807, 2.05) is 13.0 Å². The molecule has 0 atom stereocenters. The number of nitrogens with zero attached hydrogens (tertiary/aromatic N) is 4. The van der Waals surface area contributed by atoms with Crippen LogP contribution in [0.4, 0.5) is 0 Å². The predicted molar refractivity (Wildman–Crippen MR) is 103 cm³/mol. The van der Waals surface area contributed by atoms with Crippen LogP contribution in [-0.4, -0.2) is 27.2 Å². The lowest BCUT2D eigenvalue weighted by Crippen LogP contribution is -2.14. The van der Waals surface area contributed by atoms with Crippen molar-refractivity contribution in [1.82, 2.24) is 18.7 Å². The number of fused-ring (bicyclic) bond motifs is 1. The molecule has 6 nitrogen and oxygen atoms in total. The van der Waals surface area contributed by atoms with E-state index in [0.29, 0.717) is 16.9 Å². The van der Waals surface area contributed by atoms with Crippen LogP contribution in [0.25, 0.3) is 22.3 Å². The Morgan fingerprint density at radius 1 is 1.12 bits per heavy atom. The number of aryl methyl sites for hydroxylation is 2. The Morgan fingerprint density at radius 2 is 1.85 bits per heavy atom. The van der Waals surface area contributed by atoms with Crippen LogP contribution < -0.4 is 0 Å². The molecular formula is C18H15BrN4O2S. The first-order valence-corrected chi connectivity index (χ1v) is 10.1. The van der Waals surface area contributed by atoms with Gasteiger partial charge in [0, 0.05) is 34.9 Å². The van der Waals surface area contributed by atoms with Crippen molar-refractivity contribution < 1.29 is 8.42 Å². The number of benzene rings is 1. The summed E-state index contributed by atoms with van der Waals surface area (Å²) >= 11 is 3.49. The second kappa shape index (κ2) is 6.07. The van der Waals surface area contributed by atoms with Crippen molar-refractivity contribution >= 4 is 37.0 Å². The molecule has 132 valence electrons. The Labute approximate surface area is 159 Å². The average Bonchev–Trinajstić information content (AvgIpc) is 3.20. The van der Waals surface area contributed by atoms with Gasteiger partial charge in [-0.1, -0.05) is 17.7 Å². The van der Waals surface area contributed by atoms with Crippen molar-refractivity contribution in [2.24, 2.45) is 7.05 Å². The summed E-state index contributed by atoms with van der Waals surface area (Å²) in [5.41, 5.74) is 2.59. The normalized spacial score (nSPS) is 12.0. The number of aromatic nitrogens is 4. The molecule has 1 aromatic carbocycles. The van der Waals surface area contributed by atoms with E-state index in [9.17, 15) is 8.42 Å². The van der Waals surface area contributed by atoms with E-state index >= 15 is 0 Å². The fourth-order valence-corrected chi connectivity index (χ4v) is 4.75. The van der Waals surface area contributed by atoms with Crippen molar-refractivity contribution in [3.8, 4) is 11.3 Å². The fourth-order valence-electron chi connectivity index (χ4n) is 2.86. The topological polar surface area (TPSA) is 69.8 Å². The van der Waals surface area contributed by atoms with Gasteiger partial charge in [0.05, 0.1) is 16.8 Å². The average molecular weight is 431 g/mol. The van der Waals surface area contributed by atoms with E-state index in [4.69, 9.17) is 0 Å². The molecule has 8 heteroatoms. The number of hydrogen-bond acceptors (Lipinski definition) is 4. The van der Waals surface area contributed by atoms with Crippen LogP contribution >= 0.6 is 15.9 Å². The summed E-state index contributed by atoms with van der Waals surface area (Å²) in [6.45, 7) is 1.92. The van der Waals surface area contributed by atoms with Crippen LogP contribution in [0, 0.1) is 6.92 Å². The molecule has 0 aliphatic heterocycles. The van der Waals surface area contributed by atoms with Gasteiger partial charge in [-0.3, -0.25) is 4.68 Å². The van der Waals surface area contributed by atoms with E-state index < -0.39 is 10.0 Å². The summed E-state index contributed by atoms with van der Waals surface area (Å²) in [6.07, 6.45) is 5.01. The Morgan fingerprint density at radius 3 is 2.50 bits per heavy atom. The van der Waals surface area contributed by atoms with Crippen LogP contribution in [-0.2, 0) is 17.1 Å². The van der Waals surface area contributed by atoms with Gasteiger partial charge < -0.3 is 0 Å². The number of pyridine rings is 1. The maximum absolute atomic E-state index is 13.4. The third-order valence-electron chi connectivity index (χ3n) is 4.17. The molecule has 0 N–H and O–H groups in total. The minimum Gasteiger partial charge on any atom is -0.275 e. The maximum Gasteiger partial charge on any atom is 0.269 e. The summed E-state index contributed by atoms with van der Waals surface area (Å²) in [5.74, 6) is 0. The number of hydrogen-bond donors (Lipinski definition) is 0. The molecule has 0 saturated heterocycles. The molecule has 26 heavy (non-hydrogen) atoms. The minimum atomic E-state index is -3.83. The zero-order valence-electron chi connectivity index (χ0n) is 14.1. The van der Waals surface area contributed by atoms with Crippen LogP contribution in [0.15, 0.2) is 64.4 Å². The van der Waals surface area contributed by atoms with Gasteiger partial charge >= 0.3 is 0 Å². The van der Waals surface area contributed by atoms with E-state index in [1.165, 1.54) is 3.97 Å². The van der Waals surface area contributed by atoms with Crippen LogP contribution in [0.3, 0.4) is 0 Å². The third kappa shape index (κ3) is 2.65. The summed E-state index contributed by atoms with van der Waals surface area (Å²) in [4.78, 5) is 4.55. The van der Waals surface area contributed by atoms with Gasteiger partial charge in [-0.2, -0.15) is 5.10 Å². The Kier molecular flexibility index (Phi) is 3.96. The van der Waals surface area contributed by atoms with Gasteiger partial charge in [-0.15, -0.1) is 0 Å². The van der Waals surface area contributed by atoms with Gasteiger partial charge in [0.15, 0.2) is 5.65 Å². The Hall–Kier alpha value is -2.45. The molecule has 0 saturated carbocycles. The second-order valence-electron chi connectivity index (χ2n) is 6.04. The molecule has 4 aromatic rings. The van der Waals surface area contributed by atoms with E-state index in [0.717, 1.165) is 15.4 Å². The lowest BCUT2D eigenvalue weighted by molar-refractivity contribution is 0.589. The van der Waals surface area contributed by atoms with Gasteiger partial charge in [-0.25, -0.2) is 17.4 Å². The van der Waals surface area contributed by atoms with Gasteiger partial charge in [0.1, 0.15) is 0 Å². The highest BCUT2D eigenvalue weighted by Crippen LogP contribution is 2.34. The standard InChI is InChI=1S/C18H15BrN4O2S/c1-12-3-5-14(6-4-12)26(24,25)23-17(13-10-21-22(2)11-13)9-15-16(19)7-8-20-18(15)23/h3-11H,1-2H3. The van der Waals surface area contributed by atoms with Crippen LogP contribution in [0.1, 0.15) is 5.56 Å². The smallest absolute Gasteiger partial charge is 0.269 e. The molecule has 0 radical (unpaired) electrons. The summed E-state index contributed by atoms with van der Waals surface area (Å²) in [5, 5.41) is 4.89. The molecule has 4 rings (SSSR count). The monoisotopic (exact) mass is 430 g/mol. The van der Waals surface area contributed by atoms with E-state index in [2.05, 4.69) is 26.0 Å². The predicted octanol–water partition coefficient (Wildman–Crippen LogP) is 3.74. The van der Waals surface area contributed by atoms with Crippen molar-refractivity contribution in [3.05, 3.63) is 65.0 Å². The Bertz CT molecular complexity index is 1220. The number of halogens is 1. The van der Waals surface area contributed by atoms with Crippen molar-refractivity contribution in [2.45, 2.75) is 11.8 Å². The molecule has 0 amide bonds. The molecular weight excluding hydrogens is 416 g/mol. The minimum absolute atomic E-state index is 0.215. The lowest BCUT2D eigenvalue weighted by Gasteiger charge is -2.11. The molecule has 0 fully saturated rings. The third-order valence-corrected chi connectivity index (χ3v) is 6.58. The van der Waals surface area contributed by atoms with E-state index in [-0.39, 0.29) is 4.90 Å². The van der Waals surface area contributed by atoms with Crippen LogP contribution in [0.5, 0.6) is 0 Å². The SMILES string of the molecule is Cc1ccc(S(=O)(=O)n2c(-c3cnn(C)c3)cc3c(Br)ccnc32)cc1. The molecule has 0 aliphatic rings. The first-order chi connectivity index (χ1) is 12.4. The molecule has 0 bridgehead atoms. The highest BCUT2D eigenvalue weighted by molar-refractivity contribution is 9.10. The molecule has 0 aliphatic carbocycles. The zero-order valence-corrected chi connectivity index (χ0v) is 16.5. The largest absolute Gasteiger partial charge is 0.275 e. The van der Waals surface area contributed by atoms with Crippen molar-refractivity contribution in [1.29, 1.82) is 0 Å². The molecule has 3 heterocycles. The summed E-state index contributed by atoms with van der Waals surface area (Å²) in [6, 6.07) is 10.4. The van der Waals surface area contributed by atoms with Gasteiger partial charge in [0.2, 0.25) is 0 Å². The second-order valence-corrected chi connectivity index (χ2v) is 8.69. The highest BCUT2D eigenvalue weighted by atomic mass is 79.9. The van der Waals surface area contributed by atoms with E-state index in [1.54, 1.807) is 60.7 Å². The summed E-state index contributed by atoms with van der Waals surface area (Å²) in [7, 11) is -2.04. The molecule has 3 aromatic heterocycles. The fraction of sp³-hybridized carbons (Fsp3) is 0.111. The molecule has 0 unspecified atom stereocenters. The van der Waals surface area contributed by atoms with Crippen molar-refractivity contribution in [3.63, 3.8) is 0 Å². The maximum atomic E-state index is 13.4. The Balaban J connectivity index is 2.07. The van der Waals surface area contributed by atoms with Gasteiger partial charge in [-0.05, 0) is 47.1 Å². The van der Waals surface area contributed by atoms with Crippen LogP contribution in [0.2, 0.25) is 0 Å². The lowest BCUT2D eigenvalue weighted by atomic mass is 10.2. The zero-order chi connectivity index (χ0) is 18.5.